The standard InChI is InChI=1S/C19H30O3/c1-18-7-5-12(20)9-11(18)3-4-13-14(18)6-8-19(2)15(13)10-16(19)17(21)22/h11-16,20H,3-10H2,1-2H3,(H,21,22)/t11-,12+,13-,14+,15+,16+,18+,19+/m1/s1. The Kier molecular flexibility index (Phi) is 3.21. The van der Waals surface area contributed by atoms with Crippen molar-refractivity contribution in [1.29, 1.82) is 0 Å². The van der Waals surface area contributed by atoms with Crippen molar-refractivity contribution in [3.8, 4) is 0 Å². The van der Waals surface area contributed by atoms with E-state index in [9.17, 15) is 15.0 Å². The van der Waals surface area contributed by atoms with Crippen LogP contribution in [0.1, 0.15) is 65.2 Å². The summed E-state index contributed by atoms with van der Waals surface area (Å²) in [5.74, 6) is 2.17. The van der Waals surface area contributed by atoms with Gasteiger partial charge in [-0.3, -0.25) is 4.79 Å². The number of aliphatic hydroxyl groups excluding tert-OH is 1. The number of carbonyl (C=O) groups is 1. The minimum absolute atomic E-state index is 0.0599. The van der Waals surface area contributed by atoms with E-state index < -0.39 is 5.97 Å². The molecule has 0 amide bonds. The number of aliphatic carboxylic acids is 1. The van der Waals surface area contributed by atoms with E-state index in [4.69, 9.17) is 0 Å². The van der Waals surface area contributed by atoms with Gasteiger partial charge in [0.05, 0.1) is 12.0 Å². The summed E-state index contributed by atoms with van der Waals surface area (Å²) in [6.07, 6.45) is 8.80. The van der Waals surface area contributed by atoms with Crippen molar-refractivity contribution < 1.29 is 15.0 Å². The summed E-state index contributed by atoms with van der Waals surface area (Å²) < 4.78 is 0. The summed E-state index contributed by atoms with van der Waals surface area (Å²) in [4.78, 5) is 11.5. The zero-order chi connectivity index (χ0) is 15.7. The Balaban J connectivity index is 1.58. The third-order valence-electron chi connectivity index (χ3n) is 8.66. The Morgan fingerprint density at radius 2 is 1.68 bits per heavy atom. The van der Waals surface area contributed by atoms with Crippen LogP contribution in [-0.4, -0.2) is 22.3 Å². The maximum absolute atomic E-state index is 11.5. The third kappa shape index (κ3) is 1.81. The van der Waals surface area contributed by atoms with Gasteiger partial charge in [0.1, 0.15) is 0 Å². The maximum Gasteiger partial charge on any atom is 0.307 e. The molecule has 2 N–H and O–H groups in total. The van der Waals surface area contributed by atoms with Crippen molar-refractivity contribution in [1.82, 2.24) is 0 Å². The second-order valence-electron chi connectivity index (χ2n) is 9.26. The van der Waals surface area contributed by atoms with Gasteiger partial charge < -0.3 is 10.2 Å². The highest BCUT2D eigenvalue weighted by Crippen LogP contribution is 2.69. The van der Waals surface area contributed by atoms with E-state index in [1.54, 1.807) is 0 Å². The molecule has 0 spiro atoms. The minimum Gasteiger partial charge on any atom is -0.481 e. The summed E-state index contributed by atoms with van der Waals surface area (Å²) in [7, 11) is 0. The van der Waals surface area contributed by atoms with Gasteiger partial charge in [0.15, 0.2) is 0 Å². The zero-order valence-corrected chi connectivity index (χ0v) is 13.9. The predicted molar refractivity (Wildman–Crippen MR) is 84.2 cm³/mol. The molecule has 4 aliphatic rings. The fraction of sp³-hybridized carbons (Fsp3) is 0.947. The molecule has 124 valence electrons. The fourth-order valence-electron chi connectivity index (χ4n) is 7.21. The average Bonchev–Trinajstić information content (AvgIpc) is 2.44. The van der Waals surface area contributed by atoms with E-state index in [-0.39, 0.29) is 17.4 Å². The number of carboxylic acids is 1. The van der Waals surface area contributed by atoms with Crippen LogP contribution in [0.15, 0.2) is 0 Å². The van der Waals surface area contributed by atoms with Crippen LogP contribution in [0, 0.1) is 40.4 Å². The second kappa shape index (κ2) is 4.72. The van der Waals surface area contributed by atoms with Crippen LogP contribution < -0.4 is 0 Å². The molecule has 0 aromatic rings. The van der Waals surface area contributed by atoms with Crippen molar-refractivity contribution in [3.05, 3.63) is 0 Å². The molecule has 0 aliphatic heterocycles. The number of fused-ring (bicyclic) bond motifs is 5. The Labute approximate surface area is 133 Å². The third-order valence-corrected chi connectivity index (χ3v) is 8.66. The number of rotatable bonds is 1. The Morgan fingerprint density at radius 1 is 0.955 bits per heavy atom. The van der Waals surface area contributed by atoms with Gasteiger partial charge in [-0.1, -0.05) is 13.8 Å². The molecule has 3 heteroatoms. The average molecular weight is 306 g/mol. The molecule has 3 nitrogen and oxygen atoms in total. The predicted octanol–water partition coefficient (Wildman–Crippen LogP) is 3.70. The highest BCUT2D eigenvalue weighted by molar-refractivity contribution is 5.72. The van der Waals surface area contributed by atoms with Gasteiger partial charge in [-0.25, -0.2) is 0 Å². The molecule has 0 aromatic heterocycles. The Hall–Kier alpha value is -0.570. The maximum atomic E-state index is 11.5. The summed E-state index contributed by atoms with van der Waals surface area (Å²) in [5, 5.41) is 19.5. The van der Waals surface area contributed by atoms with Crippen molar-refractivity contribution in [2.45, 2.75) is 71.3 Å². The lowest BCUT2D eigenvalue weighted by Crippen LogP contribution is -2.61. The number of carboxylic acid groups (broad SMARTS) is 1. The lowest BCUT2D eigenvalue weighted by molar-refractivity contribution is -0.200. The molecule has 8 atom stereocenters. The summed E-state index contributed by atoms with van der Waals surface area (Å²) >= 11 is 0. The first kappa shape index (κ1) is 15.0. The van der Waals surface area contributed by atoms with E-state index in [1.165, 1.54) is 25.7 Å². The molecule has 0 saturated heterocycles. The molecule has 0 unspecified atom stereocenters. The summed E-state index contributed by atoms with van der Waals surface area (Å²) in [5.41, 5.74) is 0.460. The molecule has 0 heterocycles. The SMILES string of the molecule is C[C@]12CC[C@H](O)C[C@H]1CC[C@@H]1[C@@H]2CC[C@]2(C)[C@H](C(=O)O)C[C@@H]12. The van der Waals surface area contributed by atoms with Crippen LogP contribution in [0.25, 0.3) is 0 Å². The van der Waals surface area contributed by atoms with Crippen molar-refractivity contribution in [3.63, 3.8) is 0 Å². The van der Waals surface area contributed by atoms with Gasteiger partial charge >= 0.3 is 5.97 Å². The molecule has 0 bridgehead atoms. The second-order valence-corrected chi connectivity index (χ2v) is 9.26. The van der Waals surface area contributed by atoms with Gasteiger partial charge in [-0.05, 0) is 85.9 Å². The van der Waals surface area contributed by atoms with Crippen LogP contribution >= 0.6 is 0 Å². The molecule has 0 radical (unpaired) electrons. The number of aliphatic hydroxyl groups is 1. The highest BCUT2D eigenvalue weighted by atomic mass is 16.4. The first-order valence-electron chi connectivity index (χ1n) is 9.27. The van der Waals surface area contributed by atoms with Crippen LogP contribution in [0.2, 0.25) is 0 Å². The molecule has 22 heavy (non-hydrogen) atoms. The van der Waals surface area contributed by atoms with Gasteiger partial charge in [0.2, 0.25) is 0 Å². The lowest BCUT2D eigenvalue weighted by Gasteiger charge is -2.66. The van der Waals surface area contributed by atoms with E-state index in [0.29, 0.717) is 17.3 Å². The van der Waals surface area contributed by atoms with E-state index in [0.717, 1.165) is 37.5 Å². The van der Waals surface area contributed by atoms with E-state index in [1.807, 2.05) is 0 Å². The minimum atomic E-state index is -0.571. The van der Waals surface area contributed by atoms with Gasteiger partial charge in [-0.2, -0.15) is 0 Å². The normalized spacial score (nSPS) is 57.0. The molecule has 0 aromatic carbocycles. The van der Waals surface area contributed by atoms with Crippen LogP contribution in [0.4, 0.5) is 0 Å². The first-order chi connectivity index (χ1) is 10.4. The lowest BCUT2D eigenvalue weighted by atomic mass is 9.38. The van der Waals surface area contributed by atoms with Crippen LogP contribution in [0.5, 0.6) is 0 Å². The van der Waals surface area contributed by atoms with Gasteiger partial charge in [-0.15, -0.1) is 0 Å². The molecule has 4 fully saturated rings. The molecule has 4 rings (SSSR count). The quantitative estimate of drug-likeness (QED) is 0.776. The Bertz CT molecular complexity index is 489. The van der Waals surface area contributed by atoms with Crippen molar-refractivity contribution in [2.24, 2.45) is 40.4 Å². The molecular weight excluding hydrogens is 276 g/mol. The van der Waals surface area contributed by atoms with E-state index in [2.05, 4.69) is 13.8 Å². The topological polar surface area (TPSA) is 57.5 Å². The van der Waals surface area contributed by atoms with Crippen LogP contribution in [0.3, 0.4) is 0 Å². The first-order valence-corrected chi connectivity index (χ1v) is 9.27. The highest BCUT2D eigenvalue weighted by Gasteiger charge is 2.64. The smallest absolute Gasteiger partial charge is 0.307 e. The van der Waals surface area contributed by atoms with Crippen molar-refractivity contribution in [2.75, 3.05) is 0 Å². The molecule has 4 saturated carbocycles. The summed E-state index contributed by atoms with van der Waals surface area (Å²) in [6.45, 7) is 4.73. The van der Waals surface area contributed by atoms with Crippen molar-refractivity contribution >= 4 is 5.97 Å². The zero-order valence-electron chi connectivity index (χ0n) is 13.9. The fourth-order valence-corrected chi connectivity index (χ4v) is 7.21. The molecule has 4 aliphatic carbocycles. The monoisotopic (exact) mass is 306 g/mol. The van der Waals surface area contributed by atoms with Gasteiger partial charge in [0.25, 0.3) is 0 Å². The number of hydrogen-bond acceptors (Lipinski definition) is 2. The summed E-state index contributed by atoms with van der Waals surface area (Å²) in [6, 6.07) is 0. The molecular formula is C19H30O3. The van der Waals surface area contributed by atoms with Crippen LogP contribution in [-0.2, 0) is 4.79 Å². The number of hydrogen-bond donors (Lipinski definition) is 2. The largest absolute Gasteiger partial charge is 0.481 e. The Morgan fingerprint density at radius 3 is 2.41 bits per heavy atom. The van der Waals surface area contributed by atoms with E-state index >= 15 is 0 Å². The van der Waals surface area contributed by atoms with Gasteiger partial charge in [0, 0.05) is 0 Å².